The van der Waals surface area contributed by atoms with Crippen LogP contribution in [0.15, 0.2) is 138 Å². The Morgan fingerprint density at radius 1 is 0.610 bits per heavy atom. The summed E-state index contributed by atoms with van der Waals surface area (Å²) < 4.78 is 8.74. The number of pyridine rings is 1. The summed E-state index contributed by atoms with van der Waals surface area (Å²) in [4.78, 5) is 9.90. The van der Waals surface area contributed by atoms with Crippen LogP contribution in [0.5, 0.6) is 0 Å². The second-order valence-electron chi connectivity index (χ2n) is 10.3. The maximum absolute atomic E-state index is 6.48. The molecule has 0 atom stereocenters. The van der Waals surface area contributed by atoms with Crippen molar-refractivity contribution in [3.8, 4) is 39.3 Å². The Kier molecular flexibility index (Phi) is 5.32. The van der Waals surface area contributed by atoms with Gasteiger partial charge in [-0.3, -0.25) is 9.55 Å². The Bertz CT molecular complexity index is 2210. The zero-order valence-electron chi connectivity index (χ0n) is 22.5. The number of imidazole rings is 1. The molecule has 0 unspecified atom stereocenters. The van der Waals surface area contributed by atoms with Crippen LogP contribution in [0.1, 0.15) is 5.69 Å². The van der Waals surface area contributed by atoms with Crippen molar-refractivity contribution in [1.29, 1.82) is 0 Å². The van der Waals surface area contributed by atoms with Gasteiger partial charge in [-0.1, -0.05) is 97.1 Å². The van der Waals surface area contributed by atoms with E-state index in [-0.39, 0.29) is 0 Å². The van der Waals surface area contributed by atoms with Gasteiger partial charge in [-0.05, 0) is 53.9 Å². The maximum atomic E-state index is 6.48. The first-order valence-corrected chi connectivity index (χ1v) is 13.8. The van der Waals surface area contributed by atoms with Crippen molar-refractivity contribution in [2.75, 3.05) is 0 Å². The lowest BCUT2D eigenvalue weighted by atomic mass is 9.97. The van der Waals surface area contributed by atoms with Crippen LogP contribution < -0.4 is 0 Å². The Morgan fingerprint density at radius 3 is 2.17 bits per heavy atom. The molecule has 0 aliphatic carbocycles. The number of furan rings is 1. The van der Waals surface area contributed by atoms with E-state index in [1.54, 1.807) is 0 Å². The summed E-state index contributed by atoms with van der Waals surface area (Å²) in [5.41, 5.74) is 11.1. The fraction of sp³-hybridized carbons (Fsp3) is 0.0270. The second-order valence-corrected chi connectivity index (χ2v) is 10.3. The standard InChI is InChI=1S/C37H25N3O/c1-24-35-32(21-22-38-24)39-37(30-17-10-16-29-28-15-8-9-18-34(28)41-36(29)30)40(35)33-20-19-27(25-11-4-2-5-12-25)23-31(33)26-13-6-3-7-14-26/h2-23H,1H3. The van der Waals surface area contributed by atoms with Gasteiger partial charge in [0.15, 0.2) is 0 Å². The lowest BCUT2D eigenvalue weighted by molar-refractivity contribution is 0.669. The van der Waals surface area contributed by atoms with Crippen LogP contribution in [0.3, 0.4) is 0 Å². The Morgan fingerprint density at radius 2 is 1.34 bits per heavy atom. The topological polar surface area (TPSA) is 43.9 Å². The van der Waals surface area contributed by atoms with E-state index in [0.29, 0.717) is 0 Å². The van der Waals surface area contributed by atoms with Gasteiger partial charge in [-0.2, -0.15) is 0 Å². The molecule has 194 valence electrons. The van der Waals surface area contributed by atoms with Crippen molar-refractivity contribution >= 4 is 33.0 Å². The quantitative estimate of drug-likeness (QED) is 0.229. The SMILES string of the molecule is Cc1nccc2nc(-c3cccc4c3oc3ccccc34)n(-c3ccc(-c4ccccc4)cc3-c3ccccc3)c12. The van der Waals surface area contributed by atoms with E-state index < -0.39 is 0 Å². The largest absolute Gasteiger partial charge is 0.455 e. The van der Waals surface area contributed by atoms with Crippen LogP contribution in [0.2, 0.25) is 0 Å². The van der Waals surface area contributed by atoms with Crippen LogP contribution in [0.4, 0.5) is 0 Å². The molecular formula is C37H25N3O. The molecule has 5 aromatic carbocycles. The molecule has 0 fully saturated rings. The zero-order valence-corrected chi connectivity index (χ0v) is 22.5. The molecule has 4 heteroatoms. The molecule has 0 aliphatic heterocycles. The number of para-hydroxylation sites is 2. The summed E-state index contributed by atoms with van der Waals surface area (Å²) >= 11 is 0. The highest BCUT2D eigenvalue weighted by Gasteiger charge is 2.23. The number of fused-ring (bicyclic) bond motifs is 4. The van der Waals surface area contributed by atoms with Gasteiger partial charge in [0.05, 0.1) is 28.0 Å². The zero-order chi connectivity index (χ0) is 27.3. The van der Waals surface area contributed by atoms with Crippen LogP contribution in [0, 0.1) is 6.92 Å². The van der Waals surface area contributed by atoms with E-state index in [9.17, 15) is 0 Å². The van der Waals surface area contributed by atoms with Gasteiger partial charge >= 0.3 is 0 Å². The molecule has 0 saturated heterocycles. The molecule has 0 spiro atoms. The van der Waals surface area contributed by atoms with Crippen molar-refractivity contribution in [1.82, 2.24) is 14.5 Å². The lowest BCUT2D eigenvalue weighted by Crippen LogP contribution is -2.02. The Labute approximate surface area is 237 Å². The fourth-order valence-electron chi connectivity index (χ4n) is 5.91. The summed E-state index contributed by atoms with van der Waals surface area (Å²) in [5.74, 6) is 0.824. The molecule has 0 radical (unpaired) electrons. The normalized spacial score (nSPS) is 11.5. The van der Waals surface area contributed by atoms with Crippen molar-refractivity contribution in [2.24, 2.45) is 0 Å². The second kappa shape index (κ2) is 9.32. The predicted molar refractivity (Wildman–Crippen MR) is 167 cm³/mol. The Balaban J connectivity index is 1.47. The van der Waals surface area contributed by atoms with Gasteiger partial charge in [0, 0.05) is 22.5 Å². The third-order valence-electron chi connectivity index (χ3n) is 7.82. The van der Waals surface area contributed by atoms with Gasteiger partial charge < -0.3 is 4.42 Å². The molecule has 8 rings (SSSR count). The van der Waals surface area contributed by atoms with E-state index in [1.807, 2.05) is 37.4 Å². The molecule has 4 nitrogen and oxygen atoms in total. The lowest BCUT2D eigenvalue weighted by Gasteiger charge is -2.17. The van der Waals surface area contributed by atoms with Crippen LogP contribution in [-0.2, 0) is 0 Å². The average molecular weight is 528 g/mol. The number of aromatic nitrogens is 3. The van der Waals surface area contributed by atoms with Crippen molar-refractivity contribution < 1.29 is 4.42 Å². The van der Waals surface area contributed by atoms with Crippen molar-refractivity contribution in [2.45, 2.75) is 6.92 Å². The molecular weight excluding hydrogens is 502 g/mol. The highest BCUT2D eigenvalue weighted by atomic mass is 16.3. The predicted octanol–water partition coefficient (Wildman–Crippen LogP) is 9.63. The molecule has 0 N–H and O–H groups in total. The molecule has 0 amide bonds. The van der Waals surface area contributed by atoms with E-state index in [1.165, 1.54) is 5.56 Å². The van der Waals surface area contributed by atoms with Crippen LogP contribution in [-0.4, -0.2) is 14.5 Å². The fourth-order valence-corrected chi connectivity index (χ4v) is 5.91. The molecule has 3 aromatic heterocycles. The summed E-state index contributed by atoms with van der Waals surface area (Å²) in [7, 11) is 0. The van der Waals surface area contributed by atoms with E-state index in [4.69, 9.17) is 9.40 Å². The van der Waals surface area contributed by atoms with Gasteiger partial charge in [-0.25, -0.2) is 4.98 Å². The van der Waals surface area contributed by atoms with Gasteiger partial charge in [0.1, 0.15) is 17.0 Å². The Hall–Kier alpha value is -5.48. The number of hydrogen-bond acceptors (Lipinski definition) is 3. The van der Waals surface area contributed by atoms with Crippen molar-refractivity contribution in [3.05, 3.63) is 139 Å². The first kappa shape index (κ1) is 23.4. The number of nitrogens with zero attached hydrogens (tertiary/aromatic N) is 3. The molecule has 3 heterocycles. The summed E-state index contributed by atoms with van der Waals surface area (Å²) in [6.45, 7) is 2.05. The third-order valence-corrected chi connectivity index (χ3v) is 7.82. The summed E-state index contributed by atoms with van der Waals surface area (Å²) in [5, 5.41) is 2.18. The molecule has 0 bridgehead atoms. The van der Waals surface area contributed by atoms with E-state index in [0.717, 1.165) is 72.4 Å². The first-order chi connectivity index (χ1) is 20.3. The highest BCUT2D eigenvalue weighted by Crippen LogP contribution is 2.40. The number of benzene rings is 5. The third kappa shape index (κ3) is 3.76. The smallest absolute Gasteiger partial charge is 0.149 e. The monoisotopic (exact) mass is 527 g/mol. The van der Waals surface area contributed by atoms with Gasteiger partial charge in [0.25, 0.3) is 0 Å². The van der Waals surface area contributed by atoms with Gasteiger partial charge in [-0.15, -0.1) is 0 Å². The summed E-state index contributed by atoms with van der Waals surface area (Å²) in [6, 6.07) is 44.2. The minimum atomic E-state index is 0.824. The van der Waals surface area contributed by atoms with E-state index in [2.05, 4.69) is 113 Å². The molecule has 41 heavy (non-hydrogen) atoms. The van der Waals surface area contributed by atoms with E-state index >= 15 is 0 Å². The molecule has 0 saturated carbocycles. The maximum Gasteiger partial charge on any atom is 0.149 e. The van der Waals surface area contributed by atoms with Crippen LogP contribution in [0.25, 0.3) is 72.3 Å². The average Bonchev–Trinajstić information content (AvgIpc) is 3.61. The first-order valence-electron chi connectivity index (χ1n) is 13.8. The summed E-state index contributed by atoms with van der Waals surface area (Å²) in [6.07, 6.45) is 1.83. The van der Waals surface area contributed by atoms with Crippen LogP contribution >= 0.6 is 0 Å². The highest BCUT2D eigenvalue weighted by molar-refractivity contribution is 6.09. The minimum absolute atomic E-state index is 0.824. The van der Waals surface area contributed by atoms with Crippen molar-refractivity contribution in [3.63, 3.8) is 0 Å². The number of hydrogen-bond donors (Lipinski definition) is 0. The number of rotatable bonds is 4. The van der Waals surface area contributed by atoms with Gasteiger partial charge in [0.2, 0.25) is 0 Å². The number of aryl methyl sites for hydroxylation is 1. The molecule has 0 aliphatic rings. The molecule has 8 aromatic rings. The minimum Gasteiger partial charge on any atom is -0.455 e.